The summed E-state index contributed by atoms with van der Waals surface area (Å²) in [5.41, 5.74) is 0.926. The van der Waals surface area contributed by atoms with E-state index in [-0.39, 0.29) is 5.69 Å². The van der Waals surface area contributed by atoms with Gasteiger partial charge < -0.3 is 14.8 Å². The molecule has 0 aliphatic carbocycles. The van der Waals surface area contributed by atoms with Crippen molar-refractivity contribution < 1.29 is 23.9 Å². The molecule has 2 aromatic rings. The number of hydrogen-bond acceptors (Lipinski definition) is 7. The first-order valence-corrected chi connectivity index (χ1v) is 8.72. The van der Waals surface area contributed by atoms with E-state index < -0.39 is 24.0 Å². The summed E-state index contributed by atoms with van der Waals surface area (Å²) < 4.78 is 10.2. The maximum Gasteiger partial charge on any atom is 0.358 e. The van der Waals surface area contributed by atoms with E-state index in [4.69, 9.17) is 9.47 Å². The molecule has 26 heavy (non-hydrogen) atoms. The number of rotatable bonds is 6. The van der Waals surface area contributed by atoms with Crippen molar-refractivity contribution in [3.05, 3.63) is 35.3 Å². The second-order valence-electron chi connectivity index (χ2n) is 5.16. The molecule has 0 radical (unpaired) electrons. The molecule has 0 saturated heterocycles. The summed E-state index contributed by atoms with van der Waals surface area (Å²) in [6.07, 6.45) is -1.13. The maximum absolute atomic E-state index is 12.1. The lowest BCUT2D eigenvalue weighted by molar-refractivity contribution is -0.127. The van der Waals surface area contributed by atoms with E-state index in [1.165, 1.54) is 18.3 Å². The van der Waals surface area contributed by atoms with Gasteiger partial charge in [0.25, 0.3) is 5.91 Å². The number of urea groups is 1. The minimum Gasteiger partial charge on any atom is -0.497 e. The largest absolute Gasteiger partial charge is 0.497 e. The van der Waals surface area contributed by atoms with Gasteiger partial charge in [0.1, 0.15) is 10.8 Å². The number of nitrogens with one attached hydrogen (secondary N) is 2. The number of aromatic nitrogens is 1. The number of hydrogen-bond donors (Lipinski definition) is 2. The van der Waals surface area contributed by atoms with Gasteiger partial charge in [-0.1, -0.05) is 0 Å². The number of imide groups is 1. The summed E-state index contributed by atoms with van der Waals surface area (Å²) in [6, 6.07) is 6.60. The molecule has 2 N–H and O–H groups in total. The first kappa shape index (κ1) is 19.4. The predicted molar refractivity (Wildman–Crippen MR) is 96.2 cm³/mol. The number of thiazole rings is 1. The summed E-state index contributed by atoms with van der Waals surface area (Å²) in [6.45, 7) is 3.47. The highest BCUT2D eigenvalue weighted by molar-refractivity contribution is 7.13. The average Bonchev–Trinajstić information content (AvgIpc) is 3.12. The van der Waals surface area contributed by atoms with Crippen LogP contribution in [-0.2, 0) is 9.53 Å². The quantitative estimate of drug-likeness (QED) is 0.748. The van der Waals surface area contributed by atoms with Crippen molar-refractivity contribution in [1.82, 2.24) is 15.6 Å². The van der Waals surface area contributed by atoms with E-state index in [1.54, 1.807) is 31.5 Å². The van der Waals surface area contributed by atoms with Gasteiger partial charge >= 0.3 is 12.0 Å². The van der Waals surface area contributed by atoms with Crippen molar-refractivity contribution in [3.8, 4) is 16.3 Å². The standard InChI is InChI=1S/C17H19N3O5S/c1-4-18-17(23)20-14(21)10(2)25-16(22)13-9-26-15(19-13)11-5-7-12(24-3)8-6-11/h5-10H,4H2,1-3H3,(H2,18,20,21,23). The topological polar surface area (TPSA) is 107 Å². The molecule has 1 aromatic heterocycles. The number of amides is 3. The molecule has 1 atom stereocenters. The van der Waals surface area contributed by atoms with Crippen molar-refractivity contribution in [3.63, 3.8) is 0 Å². The van der Waals surface area contributed by atoms with E-state index in [0.717, 1.165) is 11.3 Å². The van der Waals surface area contributed by atoms with Crippen LogP contribution in [0.3, 0.4) is 0 Å². The van der Waals surface area contributed by atoms with Crippen LogP contribution in [0.5, 0.6) is 5.75 Å². The summed E-state index contributed by atoms with van der Waals surface area (Å²) in [5, 5.41) is 6.69. The van der Waals surface area contributed by atoms with Crippen LogP contribution >= 0.6 is 11.3 Å². The van der Waals surface area contributed by atoms with Crippen LogP contribution in [0.15, 0.2) is 29.6 Å². The molecule has 138 valence electrons. The molecule has 0 bridgehead atoms. The summed E-state index contributed by atoms with van der Waals surface area (Å²) in [4.78, 5) is 39.5. The lowest BCUT2D eigenvalue weighted by atomic mass is 10.2. The van der Waals surface area contributed by atoms with Gasteiger partial charge in [0.2, 0.25) is 0 Å². The van der Waals surface area contributed by atoms with Crippen molar-refractivity contribution in [1.29, 1.82) is 0 Å². The number of carbonyl (C=O) groups is 3. The highest BCUT2D eigenvalue weighted by Crippen LogP contribution is 2.26. The average molecular weight is 377 g/mol. The van der Waals surface area contributed by atoms with E-state index >= 15 is 0 Å². The third kappa shape index (κ3) is 5.03. The number of esters is 1. The molecule has 1 unspecified atom stereocenters. The zero-order chi connectivity index (χ0) is 19.1. The first-order valence-electron chi connectivity index (χ1n) is 7.84. The molecule has 0 fully saturated rings. The molecule has 2 rings (SSSR count). The molecule has 0 aliphatic heterocycles. The van der Waals surface area contributed by atoms with Crippen LogP contribution < -0.4 is 15.4 Å². The fourth-order valence-electron chi connectivity index (χ4n) is 1.93. The monoisotopic (exact) mass is 377 g/mol. The SMILES string of the molecule is CCNC(=O)NC(=O)C(C)OC(=O)c1csc(-c2ccc(OC)cc2)n1. The number of nitrogens with zero attached hydrogens (tertiary/aromatic N) is 1. The Balaban J connectivity index is 1.98. The maximum atomic E-state index is 12.1. The fourth-order valence-corrected chi connectivity index (χ4v) is 2.72. The molecule has 0 saturated carbocycles. The zero-order valence-electron chi connectivity index (χ0n) is 14.6. The van der Waals surface area contributed by atoms with Crippen molar-refractivity contribution in [2.24, 2.45) is 0 Å². The van der Waals surface area contributed by atoms with Crippen LogP contribution in [0.25, 0.3) is 10.6 Å². The van der Waals surface area contributed by atoms with Crippen molar-refractivity contribution >= 4 is 29.2 Å². The Kier molecular flexibility index (Phi) is 6.67. The highest BCUT2D eigenvalue weighted by atomic mass is 32.1. The fraction of sp³-hybridized carbons (Fsp3) is 0.294. The van der Waals surface area contributed by atoms with E-state index in [1.807, 2.05) is 12.1 Å². The number of methoxy groups -OCH3 is 1. The Morgan fingerprint density at radius 3 is 2.54 bits per heavy atom. The van der Waals surface area contributed by atoms with Gasteiger partial charge in [-0.2, -0.15) is 0 Å². The molecular formula is C17H19N3O5S. The van der Waals surface area contributed by atoms with Crippen LogP contribution in [0.1, 0.15) is 24.3 Å². The lowest BCUT2D eigenvalue weighted by Crippen LogP contribution is -2.44. The molecule has 1 aromatic carbocycles. The van der Waals surface area contributed by atoms with Crippen LogP contribution in [0.2, 0.25) is 0 Å². The van der Waals surface area contributed by atoms with E-state index in [9.17, 15) is 14.4 Å². The predicted octanol–water partition coefficient (Wildman–Crippen LogP) is 2.21. The van der Waals surface area contributed by atoms with E-state index in [2.05, 4.69) is 15.6 Å². The normalized spacial score (nSPS) is 11.3. The van der Waals surface area contributed by atoms with Gasteiger partial charge in [-0.05, 0) is 38.1 Å². The van der Waals surface area contributed by atoms with E-state index in [0.29, 0.717) is 11.6 Å². The van der Waals surface area contributed by atoms with Gasteiger partial charge in [0, 0.05) is 17.5 Å². The summed E-state index contributed by atoms with van der Waals surface area (Å²) >= 11 is 1.28. The van der Waals surface area contributed by atoms with Gasteiger partial charge in [0.05, 0.1) is 7.11 Å². The molecule has 9 heteroatoms. The van der Waals surface area contributed by atoms with Gasteiger partial charge in [0.15, 0.2) is 11.8 Å². The first-order chi connectivity index (χ1) is 12.4. The Morgan fingerprint density at radius 1 is 1.23 bits per heavy atom. The lowest BCUT2D eigenvalue weighted by Gasteiger charge is -2.12. The zero-order valence-corrected chi connectivity index (χ0v) is 15.4. The molecule has 8 nitrogen and oxygen atoms in total. The van der Waals surface area contributed by atoms with Crippen LogP contribution in [0, 0.1) is 0 Å². The van der Waals surface area contributed by atoms with Crippen LogP contribution in [0.4, 0.5) is 4.79 Å². The molecule has 1 heterocycles. The Hall–Kier alpha value is -2.94. The smallest absolute Gasteiger partial charge is 0.358 e. The van der Waals surface area contributed by atoms with Gasteiger partial charge in [-0.15, -0.1) is 11.3 Å². The summed E-state index contributed by atoms with van der Waals surface area (Å²) in [7, 11) is 1.58. The Bertz CT molecular complexity index is 788. The highest BCUT2D eigenvalue weighted by Gasteiger charge is 2.22. The molecule has 0 spiro atoms. The molecular weight excluding hydrogens is 358 g/mol. The third-order valence-corrected chi connectivity index (χ3v) is 4.17. The van der Waals surface area contributed by atoms with Gasteiger partial charge in [-0.25, -0.2) is 14.6 Å². The molecule has 0 aliphatic rings. The van der Waals surface area contributed by atoms with Gasteiger partial charge in [-0.3, -0.25) is 10.1 Å². The van der Waals surface area contributed by atoms with Crippen molar-refractivity contribution in [2.45, 2.75) is 20.0 Å². The number of benzene rings is 1. The minimum atomic E-state index is -1.13. The second-order valence-corrected chi connectivity index (χ2v) is 6.02. The van der Waals surface area contributed by atoms with Crippen LogP contribution in [-0.4, -0.2) is 42.7 Å². The second kappa shape index (κ2) is 8.95. The van der Waals surface area contributed by atoms with Crippen molar-refractivity contribution in [2.75, 3.05) is 13.7 Å². The molecule has 3 amide bonds. The summed E-state index contributed by atoms with van der Waals surface area (Å²) in [5.74, 6) is -0.730. The minimum absolute atomic E-state index is 0.0958. The Morgan fingerprint density at radius 2 is 1.92 bits per heavy atom. The third-order valence-electron chi connectivity index (χ3n) is 3.28. The number of carbonyl (C=O) groups excluding carboxylic acids is 3. The Labute approximate surface area is 154 Å². The number of ether oxygens (including phenoxy) is 2.